The SMILES string of the molecule is CCOC(=O)c1c(C)c(C(=O)Nc2ncccc2C)c(C)n1CC. The molecule has 2 aromatic rings. The first-order valence-electron chi connectivity index (χ1n) is 8.02. The highest BCUT2D eigenvalue weighted by atomic mass is 16.5. The minimum absolute atomic E-state index is 0.274. The van der Waals surface area contributed by atoms with Crippen LogP contribution in [0.15, 0.2) is 18.3 Å². The lowest BCUT2D eigenvalue weighted by atomic mass is 10.1. The Labute approximate surface area is 141 Å². The van der Waals surface area contributed by atoms with Gasteiger partial charge in [0.1, 0.15) is 11.5 Å². The van der Waals surface area contributed by atoms with Gasteiger partial charge in [-0.25, -0.2) is 9.78 Å². The van der Waals surface area contributed by atoms with Crippen LogP contribution in [0, 0.1) is 20.8 Å². The zero-order chi connectivity index (χ0) is 17.9. The van der Waals surface area contributed by atoms with Crippen molar-refractivity contribution in [2.45, 2.75) is 41.2 Å². The summed E-state index contributed by atoms with van der Waals surface area (Å²) in [5, 5.41) is 2.83. The molecule has 0 radical (unpaired) electrons. The third-order valence-corrected chi connectivity index (χ3v) is 4.02. The van der Waals surface area contributed by atoms with Gasteiger partial charge >= 0.3 is 5.97 Å². The number of hydrogen-bond donors (Lipinski definition) is 1. The Kier molecular flexibility index (Phi) is 5.39. The molecule has 0 fully saturated rings. The van der Waals surface area contributed by atoms with Gasteiger partial charge in [-0.3, -0.25) is 4.79 Å². The maximum absolute atomic E-state index is 12.8. The number of carbonyl (C=O) groups is 2. The normalized spacial score (nSPS) is 10.5. The second-order valence-corrected chi connectivity index (χ2v) is 5.52. The Morgan fingerprint density at radius 3 is 2.54 bits per heavy atom. The first-order chi connectivity index (χ1) is 11.4. The van der Waals surface area contributed by atoms with E-state index in [4.69, 9.17) is 4.74 Å². The van der Waals surface area contributed by atoms with Gasteiger partial charge < -0.3 is 14.6 Å². The summed E-state index contributed by atoms with van der Waals surface area (Å²) in [7, 11) is 0. The van der Waals surface area contributed by atoms with Gasteiger partial charge in [-0.05, 0) is 51.8 Å². The van der Waals surface area contributed by atoms with Gasteiger partial charge in [-0.15, -0.1) is 0 Å². The molecule has 0 spiro atoms. The lowest BCUT2D eigenvalue weighted by Crippen LogP contribution is -2.16. The fourth-order valence-electron chi connectivity index (χ4n) is 2.87. The topological polar surface area (TPSA) is 73.2 Å². The Morgan fingerprint density at radius 2 is 1.96 bits per heavy atom. The van der Waals surface area contributed by atoms with Crippen LogP contribution in [0.5, 0.6) is 0 Å². The van der Waals surface area contributed by atoms with E-state index in [0.717, 1.165) is 11.3 Å². The number of pyridine rings is 1. The van der Waals surface area contributed by atoms with Gasteiger partial charge in [0.15, 0.2) is 0 Å². The van der Waals surface area contributed by atoms with Crippen LogP contribution in [0.25, 0.3) is 0 Å². The van der Waals surface area contributed by atoms with Crippen molar-refractivity contribution in [2.24, 2.45) is 0 Å². The van der Waals surface area contributed by atoms with Crippen LogP contribution >= 0.6 is 0 Å². The summed E-state index contributed by atoms with van der Waals surface area (Å²) in [6.07, 6.45) is 1.63. The second kappa shape index (κ2) is 7.29. The number of aryl methyl sites for hydroxylation is 1. The number of nitrogens with one attached hydrogen (secondary N) is 1. The molecule has 0 saturated heterocycles. The fraction of sp³-hybridized carbons (Fsp3) is 0.389. The van der Waals surface area contributed by atoms with Crippen LogP contribution in [0.1, 0.15) is 51.5 Å². The van der Waals surface area contributed by atoms with Crippen LogP contribution < -0.4 is 5.32 Å². The predicted octanol–water partition coefficient (Wildman–Crippen LogP) is 3.26. The third kappa shape index (κ3) is 3.18. The van der Waals surface area contributed by atoms with Crippen molar-refractivity contribution < 1.29 is 14.3 Å². The van der Waals surface area contributed by atoms with E-state index >= 15 is 0 Å². The molecule has 0 aliphatic carbocycles. The summed E-state index contributed by atoms with van der Waals surface area (Å²) in [4.78, 5) is 29.2. The van der Waals surface area contributed by atoms with Crippen LogP contribution in [-0.2, 0) is 11.3 Å². The molecule has 24 heavy (non-hydrogen) atoms. The van der Waals surface area contributed by atoms with Crippen molar-refractivity contribution in [3.63, 3.8) is 0 Å². The zero-order valence-corrected chi connectivity index (χ0v) is 14.8. The Bertz CT molecular complexity index is 778. The first kappa shape index (κ1) is 17.7. The smallest absolute Gasteiger partial charge is 0.355 e. The van der Waals surface area contributed by atoms with Crippen molar-refractivity contribution in [2.75, 3.05) is 11.9 Å². The van der Waals surface area contributed by atoms with Crippen molar-refractivity contribution in [1.29, 1.82) is 0 Å². The van der Waals surface area contributed by atoms with E-state index in [1.54, 1.807) is 20.0 Å². The molecule has 6 heteroatoms. The molecule has 2 heterocycles. The molecule has 0 aliphatic heterocycles. The Morgan fingerprint density at radius 1 is 1.25 bits per heavy atom. The molecule has 0 atom stereocenters. The molecule has 6 nitrogen and oxygen atoms in total. The van der Waals surface area contributed by atoms with E-state index in [0.29, 0.717) is 35.8 Å². The summed E-state index contributed by atoms with van der Waals surface area (Å²) in [6, 6.07) is 3.69. The summed E-state index contributed by atoms with van der Waals surface area (Å²) in [6.45, 7) is 10.0. The predicted molar refractivity (Wildman–Crippen MR) is 92.5 cm³/mol. The maximum atomic E-state index is 12.8. The van der Waals surface area contributed by atoms with Crippen LogP contribution in [0.4, 0.5) is 5.82 Å². The molecular formula is C18H23N3O3. The second-order valence-electron chi connectivity index (χ2n) is 5.52. The number of anilines is 1. The Balaban J connectivity index is 2.45. The average Bonchev–Trinajstić information content (AvgIpc) is 2.80. The van der Waals surface area contributed by atoms with Crippen LogP contribution in [0.2, 0.25) is 0 Å². The molecule has 0 aliphatic rings. The lowest BCUT2D eigenvalue weighted by molar-refractivity contribution is 0.0512. The van der Waals surface area contributed by atoms with Crippen LogP contribution in [-0.4, -0.2) is 28.0 Å². The number of carbonyl (C=O) groups excluding carboxylic acids is 2. The molecule has 128 valence electrons. The monoisotopic (exact) mass is 329 g/mol. The fourth-order valence-corrected chi connectivity index (χ4v) is 2.87. The van der Waals surface area contributed by atoms with E-state index in [-0.39, 0.29) is 5.91 Å². The highest BCUT2D eigenvalue weighted by Gasteiger charge is 2.26. The van der Waals surface area contributed by atoms with Crippen molar-refractivity contribution in [3.8, 4) is 0 Å². The van der Waals surface area contributed by atoms with Crippen molar-refractivity contribution >= 4 is 17.7 Å². The van der Waals surface area contributed by atoms with Gasteiger partial charge in [0.05, 0.1) is 12.2 Å². The molecule has 0 saturated carbocycles. The molecule has 0 bridgehead atoms. The number of rotatable bonds is 5. The van der Waals surface area contributed by atoms with Gasteiger partial charge in [0.2, 0.25) is 0 Å². The molecule has 0 aromatic carbocycles. The first-order valence-corrected chi connectivity index (χ1v) is 8.02. The van der Waals surface area contributed by atoms with Crippen molar-refractivity contribution in [1.82, 2.24) is 9.55 Å². The van der Waals surface area contributed by atoms with Crippen LogP contribution in [0.3, 0.4) is 0 Å². The number of esters is 1. The summed E-state index contributed by atoms with van der Waals surface area (Å²) >= 11 is 0. The summed E-state index contributed by atoms with van der Waals surface area (Å²) < 4.78 is 6.95. The van der Waals surface area contributed by atoms with Gasteiger partial charge in [-0.1, -0.05) is 6.07 Å². The maximum Gasteiger partial charge on any atom is 0.355 e. The van der Waals surface area contributed by atoms with Gasteiger partial charge in [0.25, 0.3) is 5.91 Å². The number of nitrogens with zero attached hydrogens (tertiary/aromatic N) is 2. The highest BCUT2D eigenvalue weighted by Crippen LogP contribution is 2.24. The highest BCUT2D eigenvalue weighted by molar-refractivity contribution is 6.08. The number of aromatic nitrogens is 2. The molecule has 1 N–H and O–H groups in total. The standard InChI is InChI=1S/C18H23N3O3/c1-6-21-13(5)14(12(4)15(21)18(23)24-7-2)17(22)20-16-11(3)9-8-10-19-16/h8-10H,6-7H2,1-5H3,(H,19,20,22). The van der Waals surface area contributed by atoms with E-state index in [2.05, 4.69) is 10.3 Å². The molecule has 2 aromatic heterocycles. The van der Waals surface area contributed by atoms with Crippen molar-refractivity contribution in [3.05, 3.63) is 46.4 Å². The Hall–Kier alpha value is -2.63. The molecule has 2 rings (SSSR count). The number of ether oxygens (including phenoxy) is 1. The minimum Gasteiger partial charge on any atom is -0.461 e. The number of hydrogen-bond acceptors (Lipinski definition) is 4. The van der Waals surface area contributed by atoms with E-state index in [1.807, 2.05) is 37.5 Å². The molecule has 1 amide bonds. The number of amides is 1. The van der Waals surface area contributed by atoms with Gasteiger partial charge in [-0.2, -0.15) is 0 Å². The molecule has 0 unspecified atom stereocenters. The quantitative estimate of drug-likeness (QED) is 0.855. The summed E-state index contributed by atoms with van der Waals surface area (Å²) in [5.41, 5.74) is 3.16. The van der Waals surface area contributed by atoms with E-state index in [9.17, 15) is 9.59 Å². The summed E-state index contributed by atoms with van der Waals surface area (Å²) in [5.74, 6) is -0.166. The largest absolute Gasteiger partial charge is 0.461 e. The zero-order valence-electron chi connectivity index (χ0n) is 14.8. The van der Waals surface area contributed by atoms with E-state index in [1.165, 1.54) is 0 Å². The molecular weight excluding hydrogens is 306 g/mol. The third-order valence-electron chi connectivity index (χ3n) is 4.02. The minimum atomic E-state index is -0.409. The lowest BCUT2D eigenvalue weighted by Gasteiger charge is -2.08. The average molecular weight is 329 g/mol. The van der Waals surface area contributed by atoms with Gasteiger partial charge in [0, 0.05) is 18.4 Å². The van der Waals surface area contributed by atoms with E-state index < -0.39 is 5.97 Å².